The average molecular weight is 357 g/mol. The summed E-state index contributed by atoms with van der Waals surface area (Å²) in [4.78, 5) is 27.3. The number of aryl methyl sites for hydroxylation is 1. The van der Waals surface area contributed by atoms with Gasteiger partial charge in [-0.05, 0) is 49.6 Å². The number of benzene rings is 1. The first kappa shape index (κ1) is 18.0. The van der Waals surface area contributed by atoms with Crippen LogP contribution in [0.1, 0.15) is 39.3 Å². The largest absolute Gasteiger partial charge is 0.497 e. The summed E-state index contributed by atoms with van der Waals surface area (Å²) in [5.41, 5.74) is 1.57. The molecule has 138 valence electrons. The molecule has 6 nitrogen and oxygen atoms in total. The predicted molar refractivity (Wildman–Crippen MR) is 95.9 cm³/mol. The van der Waals surface area contributed by atoms with E-state index >= 15 is 0 Å². The second kappa shape index (κ2) is 7.64. The van der Waals surface area contributed by atoms with Crippen LogP contribution in [-0.4, -0.2) is 43.9 Å². The van der Waals surface area contributed by atoms with Crippen molar-refractivity contribution in [2.24, 2.45) is 5.92 Å². The van der Waals surface area contributed by atoms with Gasteiger partial charge in [0.2, 0.25) is 0 Å². The molecule has 1 atom stereocenters. The zero-order valence-electron chi connectivity index (χ0n) is 15.3. The van der Waals surface area contributed by atoms with Gasteiger partial charge in [0.05, 0.1) is 14.2 Å². The topological polar surface area (TPSA) is 69.0 Å². The van der Waals surface area contributed by atoms with Crippen molar-refractivity contribution >= 4 is 11.7 Å². The molecule has 0 aliphatic carbocycles. The Balaban J connectivity index is 1.73. The van der Waals surface area contributed by atoms with Gasteiger partial charge in [0.1, 0.15) is 5.75 Å². The molecule has 0 bridgehead atoms. The number of likely N-dealkylation sites (tertiary alicyclic amines) is 1. The molecule has 2 aromatic rings. The Morgan fingerprint density at radius 1 is 1.15 bits per heavy atom. The number of ether oxygens (including phenoxy) is 2. The molecule has 0 radical (unpaired) electrons. The molecule has 0 N–H and O–H groups in total. The van der Waals surface area contributed by atoms with Crippen molar-refractivity contribution < 1.29 is 23.5 Å². The molecule has 1 fully saturated rings. The third-order valence-electron chi connectivity index (χ3n) is 4.77. The molecule has 1 aliphatic heterocycles. The Morgan fingerprint density at radius 3 is 2.62 bits per heavy atom. The second-order valence-electron chi connectivity index (χ2n) is 6.46. The first-order valence-corrected chi connectivity index (χ1v) is 8.65. The quantitative estimate of drug-likeness (QED) is 0.768. The van der Waals surface area contributed by atoms with Crippen molar-refractivity contribution in [2.45, 2.75) is 19.8 Å². The van der Waals surface area contributed by atoms with Crippen LogP contribution in [0.5, 0.6) is 11.7 Å². The minimum Gasteiger partial charge on any atom is -0.497 e. The van der Waals surface area contributed by atoms with Crippen LogP contribution in [0.2, 0.25) is 0 Å². The predicted octanol–water partition coefficient (Wildman–Crippen LogP) is 3.34. The van der Waals surface area contributed by atoms with Crippen LogP contribution < -0.4 is 9.47 Å². The number of methoxy groups -OCH3 is 2. The summed E-state index contributed by atoms with van der Waals surface area (Å²) in [6, 6.07) is 8.66. The van der Waals surface area contributed by atoms with Crippen molar-refractivity contribution in [3.63, 3.8) is 0 Å². The number of carbonyl (C=O) groups is 2. The molecule has 0 saturated carbocycles. The minimum atomic E-state index is -0.211. The van der Waals surface area contributed by atoms with Crippen LogP contribution >= 0.6 is 0 Å². The normalized spacial score (nSPS) is 17.0. The van der Waals surface area contributed by atoms with E-state index in [9.17, 15) is 9.59 Å². The number of amides is 1. The third-order valence-corrected chi connectivity index (χ3v) is 4.77. The molecule has 0 unspecified atom stereocenters. The van der Waals surface area contributed by atoms with E-state index in [0.29, 0.717) is 24.6 Å². The number of ketones is 1. The van der Waals surface area contributed by atoms with E-state index in [4.69, 9.17) is 13.9 Å². The monoisotopic (exact) mass is 357 g/mol. The number of Topliss-reactive ketones (excluding diaryl/α,β-unsaturated/α-hetero) is 1. The summed E-state index contributed by atoms with van der Waals surface area (Å²) in [6.07, 6.45) is 1.56. The zero-order chi connectivity index (χ0) is 18.7. The summed E-state index contributed by atoms with van der Waals surface area (Å²) in [7, 11) is 3.09. The third kappa shape index (κ3) is 3.59. The lowest BCUT2D eigenvalue weighted by molar-refractivity contribution is 0.0605. The van der Waals surface area contributed by atoms with Gasteiger partial charge in [-0.25, -0.2) is 0 Å². The highest BCUT2D eigenvalue weighted by Gasteiger charge is 2.31. The van der Waals surface area contributed by atoms with Gasteiger partial charge in [0.15, 0.2) is 11.5 Å². The van der Waals surface area contributed by atoms with Crippen molar-refractivity contribution in [1.82, 2.24) is 4.90 Å². The van der Waals surface area contributed by atoms with E-state index in [1.54, 1.807) is 36.3 Å². The maximum Gasteiger partial charge on any atom is 0.289 e. The molecule has 1 aromatic heterocycles. The summed E-state index contributed by atoms with van der Waals surface area (Å²) < 4.78 is 15.5. The Kier molecular flexibility index (Phi) is 5.30. The van der Waals surface area contributed by atoms with Crippen LogP contribution in [0.4, 0.5) is 0 Å². The van der Waals surface area contributed by atoms with E-state index in [2.05, 4.69) is 0 Å². The van der Waals surface area contributed by atoms with E-state index in [1.807, 2.05) is 13.0 Å². The molecular formula is C20H23NO5. The molecule has 1 aromatic carbocycles. The van der Waals surface area contributed by atoms with Crippen molar-refractivity contribution in [1.29, 1.82) is 0 Å². The highest BCUT2D eigenvalue weighted by atomic mass is 16.6. The Hall–Kier alpha value is -2.76. The van der Waals surface area contributed by atoms with Crippen LogP contribution in [-0.2, 0) is 0 Å². The molecule has 1 amide bonds. The summed E-state index contributed by atoms with van der Waals surface area (Å²) in [5, 5.41) is 0. The van der Waals surface area contributed by atoms with E-state index in [-0.39, 0.29) is 23.4 Å². The molecule has 2 heterocycles. The first-order chi connectivity index (χ1) is 12.5. The van der Waals surface area contributed by atoms with Gasteiger partial charge in [-0.2, -0.15) is 0 Å². The Labute approximate surface area is 152 Å². The van der Waals surface area contributed by atoms with Gasteiger partial charge in [-0.3, -0.25) is 9.59 Å². The molecular weight excluding hydrogens is 334 g/mol. The van der Waals surface area contributed by atoms with Gasteiger partial charge in [-0.1, -0.05) is 0 Å². The lowest BCUT2D eigenvalue weighted by Crippen LogP contribution is -2.42. The number of furan rings is 1. The highest BCUT2D eigenvalue weighted by molar-refractivity contribution is 6.00. The number of nitrogens with zero attached hydrogens (tertiary/aromatic N) is 1. The fourth-order valence-corrected chi connectivity index (χ4v) is 3.34. The fraction of sp³-hybridized carbons (Fsp3) is 0.400. The van der Waals surface area contributed by atoms with Gasteiger partial charge >= 0.3 is 0 Å². The van der Waals surface area contributed by atoms with E-state index < -0.39 is 0 Å². The maximum absolute atomic E-state index is 13.0. The first-order valence-electron chi connectivity index (χ1n) is 8.65. The van der Waals surface area contributed by atoms with Gasteiger partial charge < -0.3 is 18.8 Å². The van der Waals surface area contributed by atoms with Crippen LogP contribution in [0.25, 0.3) is 0 Å². The van der Waals surface area contributed by atoms with Crippen molar-refractivity contribution in [2.75, 3.05) is 27.3 Å². The summed E-state index contributed by atoms with van der Waals surface area (Å²) in [5.74, 6) is 0.905. The van der Waals surface area contributed by atoms with Crippen molar-refractivity contribution in [3.05, 3.63) is 47.2 Å². The standard InChI is InChI=1S/C20H23NO5/c1-13-11-15(24-2)6-7-16(13)19(22)14-5-4-10-21(12-14)20(23)17-8-9-18(25-3)26-17/h6-9,11,14H,4-5,10,12H2,1-3H3/t14-/m1/s1. The lowest BCUT2D eigenvalue weighted by Gasteiger charge is -2.31. The minimum absolute atomic E-state index is 0.0691. The average Bonchev–Trinajstić information content (AvgIpc) is 3.16. The van der Waals surface area contributed by atoms with E-state index in [1.165, 1.54) is 7.11 Å². The van der Waals surface area contributed by atoms with Crippen LogP contribution in [0.3, 0.4) is 0 Å². The highest BCUT2D eigenvalue weighted by Crippen LogP contribution is 2.26. The molecule has 0 spiro atoms. The Bertz CT molecular complexity index is 810. The Morgan fingerprint density at radius 2 is 1.96 bits per heavy atom. The molecule has 26 heavy (non-hydrogen) atoms. The number of rotatable bonds is 5. The summed E-state index contributed by atoms with van der Waals surface area (Å²) in [6.45, 7) is 2.91. The van der Waals surface area contributed by atoms with E-state index in [0.717, 1.165) is 24.2 Å². The smallest absolute Gasteiger partial charge is 0.289 e. The summed E-state index contributed by atoms with van der Waals surface area (Å²) >= 11 is 0. The van der Waals surface area contributed by atoms with Crippen molar-refractivity contribution in [3.8, 4) is 11.7 Å². The van der Waals surface area contributed by atoms with Gasteiger partial charge in [0, 0.05) is 30.6 Å². The van der Waals surface area contributed by atoms with Gasteiger partial charge in [0.25, 0.3) is 11.9 Å². The van der Waals surface area contributed by atoms with Crippen LogP contribution in [0, 0.1) is 12.8 Å². The fourth-order valence-electron chi connectivity index (χ4n) is 3.34. The van der Waals surface area contributed by atoms with Crippen LogP contribution in [0.15, 0.2) is 34.7 Å². The number of carbonyl (C=O) groups excluding carboxylic acids is 2. The molecule has 1 saturated heterocycles. The molecule has 1 aliphatic rings. The molecule has 6 heteroatoms. The zero-order valence-corrected chi connectivity index (χ0v) is 15.3. The number of piperidine rings is 1. The second-order valence-corrected chi connectivity index (χ2v) is 6.46. The van der Waals surface area contributed by atoms with Gasteiger partial charge in [-0.15, -0.1) is 0 Å². The molecule has 3 rings (SSSR count). The SMILES string of the molecule is COc1ccc(C(=O)[C@@H]2CCCN(C(=O)c3ccc(OC)o3)C2)c(C)c1. The lowest BCUT2D eigenvalue weighted by atomic mass is 9.88. The number of hydrogen-bond donors (Lipinski definition) is 0. The maximum atomic E-state index is 13.0. The number of hydrogen-bond acceptors (Lipinski definition) is 5.